The number of aromatic nitrogens is 5. The lowest BCUT2D eigenvalue weighted by Crippen LogP contribution is -2.45. The van der Waals surface area contributed by atoms with E-state index in [0.29, 0.717) is 49.1 Å². The lowest BCUT2D eigenvalue weighted by Gasteiger charge is -2.32. The van der Waals surface area contributed by atoms with E-state index in [2.05, 4.69) is 25.5 Å². The van der Waals surface area contributed by atoms with E-state index in [1.807, 2.05) is 6.07 Å². The van der Waals surface area contributed by atoms with Crippen LogP contribution in [0.25, 0.3) is 11.2 Å². The molecule has 0 amide bonds. The van der Waals surface area contributed by atoms with E-state index in [9.17, 15) is 9.90 Å². The van der Waals surface area contributed by atoms with Crippen LogP contribution in [0, 0.1) is 0 Å². The molecule has 11 nitrogen and oxygen atoms in total. The first-order valence-corrected chi connectivity index (χ1v) is 12.1. The maximum Gasteiger partial charge on any atom is 0.252 e. The molecule has 0 spiro atoms. The van der Waals surface area contributed by atoms with Crippen LogP contribution < -0.4 is 20.3 Å². The van der Waals surface area contributed by atoms with Gasteiger partial charge in [-0.15, -0.1) is 16.9 Å². The van der Waals surface area contributed by atoms with E-state index in [1.54, 1.807) is 17.8 Å². The highest BCUT2D eigenvalue weighted by atomic mass is 32.2. The SMILES string of the molecule is COc1cnc2ccc(=O)n(C[C@H](O)[C@@H]3CC[C@@H](NCc4cc5c(nn4)OCCS5)CO3)c2n1. The van der Waals surface area contributed by atoms with E-state index in [4.69, 9.17) is 14.2 Å². The molecular weight excluding hydrogens is 460 g/mol. The van der Waals surface area contributed by atoms with Gasteiger partial charge in [0.15, 0.2) is 5.65 Å². The molecule has 1 saturated heterocycles. The third-order valence-corrected chi connectivity index (χ3v) is 6.89. The van der Waals surface area contributed by atoms with Gasteiger partial charge in [0.05, 0.1) is 55.9 Å². The first kappa shape index (κ1) is 23.0. The summed E-state index contributed by atoms with van der Waals surface area (Å²) in [5.74, 6) is 1.82. The number of fused-ring (bicyclic) bond motifs is 2. The number of nitrogens with one attached hydrogen (secondary N) is 1. The Balaban J connectivity index is 1.17. The predicted molar refractivity (Wildman–Crippen MR) is 124 cm³/mol. The molecule has 0 radical (unpaired) electrons. The Bertz CT molecular complexity index is 1220. The molecule has 0 saturated carbocycles. The third-order valence-electron chi connectivity index (χ3n) is 5.91. The van der Waals surface area contributed by atoms with E-state index >= 15 is 0 Å². The minimum Gasteiger partial charge on any atom is -0.480 e. The number of ether oxygens (including phenoxy) is 3. The summed E-state index contributed by atoms with van der Waals surface area (Å²) in [6.45, 7) is 1.75. The maximum absolute atomic E-state index is 12.5. The van der Waals surface area contributed by atoms with Crippen molar-refractivity contribution in [1.29, 1.82) is 0 Å². The number of rotatable bonds is 7. The smallest absolute Gasteiger partial charge is 0.252 e. The fourth-order valence-corrected chi connectivity index (χ4v) is 4.91. The van der Waals surface area contributed by atoms with Crippen molar-refractivity contribution >= 4 is 22.9 Å². The first-order chi connectivity index (χ1) is 16.6. The molecule has 3 atom stereocenters. The van der Waals surface area contributed by atoms with E-state index in [1.165, 1.54) is 23.9 Å². The summed E-state index contributed by atoms with van der Waals surface area (Å²) in [4.78, 5) is 22.1. The summed E-state index contributed by atoms with van der Waals surface area (Å²) in [6.07, 6.45) is 1.74. The second kappa shape index (κ2) is 10.2. The van der Waals surface area contributed by atoms with Crippen LogP contribution in [0.2, 0.25) is 0 Å². The lowest BCUT2D eigenvalue weighted by atomic mass is 10.0. The van der Waals surface area contributed by atoms with Crippen molar-refractivity contribution in [2.45, 2.75) is 49.1 Å². The van der Waals surface area contributed by atoms with Crippen molar-refractivity contribution in [2.24, 2.45) is 0 Å². The number of thioether (sulfide) groups is 1. The first-order valence-electron chi connectivity index (χ1n) is 11.2. The largest absolute Gasteiger partial charge is 0.480 e. The lowest BCUT2D eigenvalue weighted by molar-refractivity contribution is -0.0771. The molecule has 2 aliphatic heterocycles. The molecular formula is C22H26N6O5S. The van der Waals surface area contributed by atoms with Crippen LogP contribution in [0.3, 0.4) is 0 Å². The van der Waals surface area contributed by atoms with Gasteiger partial charge in [0.1, 0.15) is 5.52 Å². The fraction of sp³-hybridized carbons (Fsp3) is 0.500. The Labute approximate surface area is 199 Å². The van der Waals surface area contributed by atoms with Crippen LogP contribution in [-0.4, -0.2) is 74.2 Å². The van der Waals surface area contributed by atoms with Gasteiger partial charge in [-0.3, -0.25) is 9.36 Å². The van der Waals surface area contributed by atoms with Gasteiger partial charge in [-0.05, 0) is 25.0 Å². The second-order valence-electron chi connectivity index (χ2n) is 8.20. The number of pyridine rings is 1. The standard InChI is InChI=1S/C22H26N6O5S/c1-31-19-10-24-15-3-5-20(30)28(21(15)25-19)11-16(29)17-4-2-13(12-33-17)23-9-14-8-18-22(27-26-14)32-6-7-34-18/h3,5,8,10,13,16-17,23,29H,2,4,6-7,9,11-12H2,1H3/t13-,16+,17+/m1/s1. The Morgan fingerprint density at radius 1 is 1.35 bits per heavy atom. The Kier molecular flexibility index (Phi) is 6.90. The van der Waals surface area contributed by atoms with Gasteiger partial charge in [0, 0.05) is 24.4 Å². The van der Waals surface area contributed by atoms with E-state index in [0.717, 1.165) is 22.8 Å². The predicted octanol–water partition coefficient (Wildman–Crippen LogP) is 0.773. The second-order valence-corrected chi connectivity index (χ2v) is 9.34. The monoisotopic (exact) mass is 486 g/mol. The van der Waals surface area contributed by atoms with Crippen molar-refractivity contribution in [3.8, 4) is 11.8 Å². The van der Waals surface area contributed by atoms with Gasteiger partial charge in [-0.2, -0.15) is 10.1 Å². The molecule has 180 valence electrons. The van der Waals surface area contributed by atoms with Crippen LogP contribution in [0.1, 0.15) is 18.5 Å². The van der Waals surface area contributed by atoms with Crippen LogP contribution in [-0.2, 0) is 17.8 Å². The van der Waals surface area contributed by atoms with Crippen molar-refractivity contribution in [3.05, 3.63) is 40.4 Å². The van der Waals surface area contributed by atoms with E-state index in [-0.39, 0.29) is 24.2 Å². The molecule has 1 fully saturated rings. The minimum atomic E-state index is -0.860. The van der Waals surface area contributed by atoms with Crippen molar-refractivity contribution < 1.29 is 19.3 Å². The van der Waals surface area contributed by atoms with Crippen LogP contribution in [0.5, 0.6) is 11.8 Å². The Morgan fingerprint density at radius 2 is 2.26 bits per heavy atom. The zero-order chi connectivity index (χ0) is 23.5. The molecule has 0 aromatic carbocycles. The maximum atomic E-state index is 12.5. The fourth-order valence-electron chi connectivity index (χ4n) is 4.08. The topological polar surface area (TPSA) is 134 Å². The van der Waals surface area contributed by atoms with Gasteiger partial charge in [0.25, 0.3) is 5.56 Å². The van der Waals surface area contributed by atoms with Gasteiger partial charge in [0.2, 0.25) is 11.8 Å². The molecule has 0 unspecified atom stereocenters. The van der Waals surface area contributed by atoms with Crippen molar-refractivity contribution in [1.82, 2.24) is 30.0 Å². The summed E-state index contributed by atoms with van der Waals surface area (Å²) >= 11 is 1.72. The van der Waals surface area contributed by atoms with Gasteiger partial charge in [-0.25, -0.2) is 4.98 Å². The van der Waals surface area contributed by atoms with Gasteiger partial charge in [-0.1, -0.05) is 0 Å². The molecule has 12 heteroatoms. The molecule has 5 rings (SSSR count). The minimum absolute atomic E-state index is 0.0607. The van der Waals surface area contributed by atoms with Crippen molar-refractivity contribution in [3.63, 3.8) is 0 Å². The number of methoxy groups -OCH3 is 1. The zero-order valence-electron chi connectivity index (χ0n) is 18.7. The zero-order valence-corrected chi connectivity index (χ0v) is 19.5. The summed E-state index contributed by atoms with van der Waals surface area (Å²) in [6, 6.07) is 5.18. The summed E-state index contributed by atoms with van der Waals surface area (Å²) in [5.41, 5.74) is 1.51. The molecule has 2 N–H and O–H groups in total. The highest BCUT2D eigenvalue weighted by Gasteiger charge is 2.28. The quantitative estimate of drug-likeness (QED) is 0.490. The van der Waals surface area contributed by atoms with Gasteiger partial charge < -0.3 is 24.6 Å². The molecule has 0 aliphatic carbocycles. The highest BCUT2D eigenvalue weighted by molar-refractivity contribution is 7.99. The molecule has 3 aromatic heterocycles. The number of nitrogens with zero attached hydrogens (tertiary/aromatic N) is 5. The Morgan fingerprint density at radius 3 is 3.09 bits per heavy atom. The number of aliphatic hydroxyl groups excluding tert-OH is 1. The van der Waals surface area contributed by atoms with Crippen LogP contribution in [0.4, 0.5) is 0 Å². The highest BCUT2D eigenvalue weighted by Crippen LogP contribution is 2.30. The molecule has 2 aliphatic rings. The average molecular weight is 487 g/mol. The van der Waals surface area contributed by atoms with Gasteiger partial charge >= 0.3 is 0 Å². The number of hydrogen-bond donors (Lipinski definition) is 2. The third kappa shape index (κ3) is 4.99. The molecule has 3 aromatic rings. The molecule has 34 heavy (non-hydrogen) atoms. The van der Waals surface area contributed by atoms with Crippen molar-refractivity contribution in [2.75, 3.05) is 26.1 Å². The summed E-state index contributed by atoms with van der Waals surface area (Å²) < 4.78 is 18.0. The summed E-state index contributed by atoms with van der Waals surface area (Å²) in [7, 11) is 1.49. The number of aliphatic hydroxyl groups is 1. The number of hydrogen-bond acceptors (Lipinski definition) is 11. The van der Waals surface area contributed by atoms with E-state index < -0.39 is 6.10 Å². The molecule has 0 bridgehead atoms. The molecule has 5 heterocycles. The summed E-state index contributed by atoms with van der Waals surface area (Å²) in [5, 5.41) is 22.7. The normalized spacial score (nSPS) is 21.0. The average Bonchev–Trinajstić information content (AvgIpc) is 2.89. The van der Waals surface area contributed by atoms with Crippen LogP contribution >= 0.6 is 11.8 Å². The van der Waals surface area contributed by atoms with Crippen LogP contribution in [0.15, 0.2) is 34.1 Å². The Hall–Kier alpha value is -2.80.